The number of nitrogens with one attached hydrogen (secondary N) is 1. The van der Waals surface area contributed by atoms with Crippen molar-refractivity contribution < 1.29 is 18.0 Å². The summed E-state index contributed by atoms with van der Waals surface area (Å²) in [6.45, 7) is 4.50. The molecule has 1 amide bonds. The first kappa shape index (κ1) is 24.8. The van der Waals surface area contributed by atoms with Gasteiger partial charge in [0.25, 0.3) is 11.5 Å². The molecule has 1 atom stereocenters. The highest BCUT2D eigenvalue weighted by Gasteiger charge is 2.30. The van der Waals surface area contributed by atoms with Gasteiger partial charge in [0.05, 0.1) is 29.4 Å². The summed E-state index contributed by atoms with van der Waals surface area (Å²) in [7, 11) is 0. The van der Waals surface area contributed by atoms with Gasteiger partial charge in [-0.2, -0.15) is 13.2 Å². The first-order chi connectivity index (χ1) is 16.6. The van der Waals surface area contributed by atoms with Gasteiger partial charge in [0.1, 0.15) is 0 Å². The van der Waals surface area contributed by atoms with E-state index in [1.54, 1.807) is 36.1 Å². The standard InChI is InChI=1S/C25H24ClF3N4O2/c1-3-33-23(35)20-14-32(22(34)17-6-10-19(26)11-7-17)13-12-21(20)31-24(33)30-15(2)16-4-8-18(9-5-16)25(27,28)29/h4-11,15H,3,12-14H2,1-2H3,(H,30,31)/t15-/m0/s1. The number of fused-ring (bicyclic) bond motifs is 1. The van der Waals surface area contributed by atoms with Crippen LogP contribution in [0.25, 0.3) is 0 Å². The van der Waals surface area contributed by atoms with Crippen LogP contribution in [0.1, 0.15) is 52.6 Å². The summed E-state index contributed by atoms with van der Waals surface area (Å²) in [6.07, 6.45) is -3.99. The quantitative estimate of drug-likeness (QED) is 0.511. The van der Waals surface area contributed by atoms with Gasteiger partial charge in [-0.3, -0.25) is 14.2 Å². The lowest BCUT2D eigenvalue weighted by Crippen LogP contribution is -2.41. The van der Waals surface area contributed by atoms with Crippen LogP contribution in [0.15, 0.2) is 53.3 Å². The number of nitrogens with zero attached hydrogens (tertiary/aromatic N) is 3. The normalized spacial score (nSPS) is 14.4. The number of carbonyl (C=O) groups is 1. The SMILES string of the molecule is CCn1c(N[C@@H](C)c2ccc(C(F)(F)F)cc2)nc2c(c1=O)CN(C(=O)c1ccc(Cl)cc1)CC2. The van der Waals surface area contributed by atoms with E-state index in [9.17, 15) is 22.8 Å². The molecule has 0 saturated carbocycles. The molecule has 0 fully saturated rings. The fraction of sp³-hybridized carbons (Fsp3) is 0.320. The Balaban J connectivity index is 1.57. The van der Waals surface area contributed by atoms with E-state index >= 15 is 0 Å². The van der Waals surface area contributed by atoms with E-state index in [2.05, 4.69) is 10.3 Å². The van der Waals surface area contributed by atoms with E-state index in [-0.39, 0.29) is 24.1 Å². The monoisotopic (exact) mass is 504 g/mol. The molecule has 1 aliphatic rings. The van der Waals surface area contributed by atoms with Crippen molar-refractivity contribution in [1.29, 1.82) is 0 Å². The Morgan fingerprint density at radius 2 is 1.80 bits per heavy atom. The molecule has 4 rings (SSSR count). The van der Waals surface area contributed by atoms with Crippen molar-refractivity contribution in [1.82, 2.24) is 14.5 Å². The third-order valence-electron chi connectivity index (χ3n) is 6.09. The number of rotatable bonds is 5. The van der Waals surface area contributed by atoms with Crippen LogP contribution in [0.3, 0.4) is 0 Å². The third-order valence-corrected chi connectivity index (χ3v) is 6.35. The molecule has 3 aromatic rings. The van der Waals surface area contributed by atoms with Crippen LogP contribution < -0.4 is 10.9 Å². The Morgan fingerprint density at radius 1 is 1.14 bits per heavy atom. The van der Waals surface area contributed by atoms with Crippen LogP contribution >= 0.6 is 11.6 Å². The van der Waals surface area contributed by atoms with Crippen molar-refractivity contribution in [3.05, 3.63) is 91.9 Å². The van der Waals surface area contributed by atoms with Gasteiger partial charge in [-0.1, -0.05) is 23.7 Å². The average molecular weight is 505 g/mol. The number of hydrogen-bond acceptors (Lipinski definition) is 4. The van der Waals surface area contributed by atoms with Crippen molar-refractivity contribution in [2.75, 3.05) is 11.9 Å². The Bertz CT molecular complexity index is 1290. The zero-order valence-electron chi connectivity index (χ0n) is 19.2. The van der Waals surface area contributed by atoms with Crippen LogP contribution in [0.4, 0.5) is 19.1 Å². The maximum atomic E-state index is 13.3. The number of alkyl halides is 3. The number of amides is 1. The highest BCUT2D eigenvalue weighted by Crippen LogP contribution is 2.30. The molecule has 1 aliphatic heterocycles. The predicted octanol–water partition coefficient (Wildman–Crippen LogP) is 5.31. The van der Waals surface area contributed by atoms with E-state index in [1.807, 2.05) is 6.92 Å². The molecular weight excluding hydrogens is 481 g/mol. The third kappa shape index (κ3) is 5.19. The Hall–Kier alpha value is -3.33. The van der Waals surface area contributed by atoms with E-state index < -0.39 is 11.7 Å². The molecule has 10 heteroatoms. The molecule has 6 nitrogen and oxygen atoms in total. The number of benzene rings is 2. The summed E-state index contributed by atoms with van der Waals surface area (Å²) in [5, 5.41) is 3.70. The zero-order chi connectivity index (χ0) is 25.3. The second-order valence-corrected chi connectivity index (χ2v) is 8.82. The summed E-state index contributed by atoms with van der Waals surface area (Å²) in [6, 6.07) is 11.1. The van der Waals surface area contributed by atoms with Crippen molar-refractivity contribution in [3.8, 4) is 0 Å². The van der Waals surface area contributed by atoms with Crippen molar-refractivity contribution >= 4 is 23.5 Å². The first-order valence-corrected chi connectivity index (χ1v) is 11.6. The topological polar surface area (TPSA) is 67.2 Å². The molecular formula is C25H24ClF3N4O2. The summed E-state index contributed by atoms with van der Waals surface area (Å²) >= 11 is 5.91. The maximum absolute atomic E-state index is 13.3. The fourth-order valence-electron chi connectivity index (χ4n) is 4.10. The van der Waals surface area contributed by atoms with E-state index in [1.165, 1.54) is 16.7 Å². The number of anilines is 1. The highest BCUT2D eigenvalue weighted by atomic mass is 35.5. The second-order valence-electron chi connectivity index (χ2n) is 8.38. The van der Waals surface area contributed by atoms with Crippen molar-refractivity contribution in [2.24, 2.45) is 0 Å². The van der Waals surface area contributed by atoms with Crippen molar-refractivity contribution in [2.45, 2.75) is 45.6 Å². The maximum Gasteiger partial charge on any atom is 0.416 e. The fourth-order valence-corrected chi connectivity index (χ4v) is 4.23. The van der Waals surface area contributed by atoms with E-state index in [4.69, 9.17) is 11.6 Å². The first-order valence-electron chi connectivity index (χ1n) is 11.2. The van der Waals surface area contributed by atoms with Crippen LogP contribution in [-0.2, 0) is 25.7 Å². The van der Waals surface area contributed by atoms with E-state index in [0.29, 0.717) is 52.9 Å². The number of carbonyl (C=O) groups excluding carboxylic acids is 1. The van der Waals surface area contributed by atoms with Gasteiger partial charge in [-0.25, -0.2) is 4.98 Å². The molecule has 0 saturated heterocycles. The Morgan fingerprint density at radius 3 is 2.40 bits per heavy atom. The van der Waals surface area contributed by atoms with Gasteiger partial charge in [0.15, 0.2) is 0 Å². The van der Waals surface area contributed by atoms with Gasteiger partial charge in [0.2, 0.25) is 5.95 Å². The minimum Gasteiger partial charge on any atom is -0.349 e. The minimum atomic E-state index is -4.40. The van der Waals surface area contributed by atoms with Crippen LogP contribution in [0, 0.1) is 0 Å². The lowest BCUT2D eigenvalue weighted by atomic mass is 10.0. The minimum absolute atomic E-state index is 0.150. The summed E-state index contributed by atoms with van der Waals surface area (Å²) in [5.41, 5.74) is 1.24. The molecule has 1 N–H and O–H groups in total. The number of halogens is 4. The Kier molecular flexibility index (Phi) is 6.89. The summed E-state index contributed by atoms with van der Waals surface area (Å²) in [5.74, 6) is 0.161. The van der Waals surface area contributed by atoms with Crippen LogP contribution in [0.2, 0.25) is 5.02 Å². The molecule has 2 heterocycles. The number of aromatic nitrogens is 2. The van der Waals surface area contributed by atoms with Gasteiger partial charge >= 0.3 is 6.18 Å². The highest BCUT2D eigenvalue weighted by molar-refractivity contribution is 6.30. The average Bonchev–Trinajstić information content (AvgIpc) is 2.83. The summed E-state index contributed by atoms with van der Waals surface area (Å²) < 4.78 is 40.1. The van der Waals surface area contributed by atoms with Gasteiger partial charge in [0, 0.05) is 30.1 Å². The lowest BCUT2D eigenvalue weighted by molar-refractivity contribution is -0.137. The molecule has 184 valence electrons. The molecule has 0 aliphatic carbocycles. The van der Waals surface area contributed by atoms with Crippen LogP contribution in [-0.4, -0.2) is 26.9 Å². The van der Waals surface area contributed by atoms with Gasteiger partial charge < -0.3 is 10.2 Å². The smallest absolute Gasteiger partial charge is 0.349 e. The summed E-state index contributed by atoms with van der Waals surface area (Å²) in [4.78, 5) is 32.5. The molecule has 2 aromatic carbocycles. The lowest BCUT2D eigenvalue weighted by Gasteiger charge is -2.29. The molecule has 1 aromatic heterocycles. The van der Waals surface area contributed by atoms with Gasteiger partial charge in [-0.05, 0) is 55.8 Å². The molecule has 35 heavy (non-hydrogen) atoms. The molecule has 0 spiro atoms. The molecule has 0 bridgehead atoms. The van der Waals surface area contributed by atoms with E-state index in [0.717, 1.165) is 12.1 Å². The zero-order valence-corrected chi connectivity index (χ0v) is 20.0. The second kappa shape index (κ2) is 9.73. The molecule has 0 radical (unpaired) electrons. The number of hydrogen-bond donors (Lipinski definition) is 1. The van der Waals surface area contributed by atoms with Crippen LogP contribution in [0.5, 0.6) is 0 Å². The van der Waals surface area contributed by atoms with Crippen molar-refractivity contribution in [3.63, 3.8) is 0 Å². The molecule has 0 unspecified atom stereocenters. The predicted molar refractivity (Wildman–Crippen MR) is 128 cm³/mol. The van der Waals surface area contributed by atoms with Gasteiger partial charge in [-0.15, -0.1) is 0 Å². The largest absolute Gasteiger partial charge is 0.416 e. The Labute approximate surface area is 205 Å².